The standard InChI is InChI=1S/C21H25N3O3/c1-14(2)19(24-13-15-5-3-4-6-18(15)21(24)26)20(25)23-16-7-9-17(10-8-16)27-12-11-22/h3-10,14,19H,11-13,22H2,1-2H3,(H,23,25)/t19-/m0/s1. The van der Waals surface area contributed by atoms with Crippen LogP contribution in [-0.4, -0.2) is 35.9 Å². The van der Waals surface area contributed by atoms with Gasteiger partial charge in [-0.15, -0.1) is 0 Å². The lowest BCUT2D eigenvalue weighted by Gasteiger charge is -2.30. The first kappa shape index (κ1) is 18.9. The Balaban J connectivity index is 1.72. The maximum atomic E-state index is 12.9. The van der Waals surface area contributed by atoms with Gasteiger partial charge in [-0.3, -0.25) is 9.59 Å². The fraction of sp³-hybridized carbons (Fsp3) is 0.333. The Labute approximate surface area is 159 Å². The second kappa shape index (κ2) is 8.22. The monoisotopic (exact) mass is 367 g/mol. The second-order valence-electron chi connectivity index (χ2n) is 6.93. The summed E-state index contributed by atoms with van der Waals surface area (Å²) in [5.41, 5.74) is 7.72. The minimum atomic E-state index is -0.543. The van der Waals surface area contributed by atoms with E-state index in [4.69, 9.17) is 10.5 Å². The highest BCUT2D eigenvalue weighted by molar-refractivity contribution is 6.03. The highest BCUT2D eigenvalue weighted by Crippen LogP contribution is 2.28. The molecule has 3 N–H and O–H groups in total. The van der Waals surface area contributed by atoms with Gasteiger partial charge in [-0.1, -0.05) is 32.0 Å². The average molecular weight is 367 g/mol. The van der Waals surface area contributed by atoms with Gasteiger partial charge in [-0.2, -0.15) is 0 Å². The number of amides is 2. The molecule has 27 heavy (non-hydrogen) atoms. The number of rotatable bonds is 7. The predicted octanol–water partition coefficient (Wildman–Crippen LogP) is 2.64. The number of nitrogens with two attached hydrogens (primary N) is 1. The normalized spacial score (nSPS) is 14.2. The van der Waals surface area contributed by atoms with E-state index in [1.54, 1.807) is 29.2 Å². The Morgan fingerprint density at radius 2 is 1.89 bits per heavy atom. The Hall–Kier alpha value is -2.86. The van der Waals surface area contributed by atoms with Crippen molar-refractivity contribution in [2.24, 2.45) is 11.7 Å². The number of nitrogens with zero attached hydrogens (tertiary/aromatic N) is 1. The smallest absolute Gasteiger partial charge is 0.255 e. The van der Waals surface area contributed by atoms with Gasteiger partial charge in [0.15, 0.2) is 0 Å². The summed E-state index contributed by atoms with van der Waals surface area (Å²) in [5, 5.41) is 2.92. The van der Waals surface area contributed by atoms with Crippen LogP contribution in [0.4, 0.5) is 5.69 Å². The summed E-state index contributed by atoms with van der Waals surface area (Å²) in [6.45, 7) is 5.24. The topological polar surface area (TPSA) is 84.7 Å². The number of nitrogens with one attached hydrogen (secondary N) is 1. The lowest BCUT2D eigenvalue weighted by atomic mass is 10.0. The van der Waals surface area contributed by atoms with Crippen molar-refractivity contribution in [2.75, 3.05) is 18.5 Å². The molecule has 0 fully saturated rings. The fourth-order valence-electron chi connectivity index (χ4n) is 3.33. The van der Waals surface area contributed by atoms with E-state index in [9.17, 15) is 9.59 Å². The summed E-state index contributed by atoms with van der Waals surface area (Å²) >= 11 is 0. The molecule has 0 radical (unpaired) electrons. The quantitative estimate of drug-likeness (QED) is 0.788. The van der Waals surface area contributed by atoms with Crippen molar-refractivity contribution in [3.05, 3.63) is 59.7 Å². The number of ether oxygens (including phenoxy) is 1. The van der Waals surface area contributed by atoms with Crippen LogP contribution in [0.3, 0.4) is 0 Å². The Kier molecular flexibility index (Phi) is 5.76. The molecule has 2 amide bonds. The van der Waals surface area contributed by atoms with E-state index in [0.717, 1.165) is 5.56 Å². The van der Waals surface area contributed by atoms with Crippen molar-refractivity contribution in [3.8, 4) is 5.75 Å². The van der Waals surface area contributed by atoms with Crippen LogP contribution in [0.25, 0.3) is 0 Å². The maximum Gasteiger partial charge on any atom is 0.255 e. The number of carbonyl (C=O) groups is 2. The third-order valence-electron chi connectivity index (χ3n) is 4.59. The van der Waals surface area contributed by atoms with Gasteiger partial charge < -0.3 is 20.7 Å². The summed E-state index contributed by atoms with van der Waals surface area (Å²) in [6.07, 6.45) is 0. The van der Waals surface area contributed by atoms with Crippen molar-refractivity contribution < 1.29 is 14.3 Å². The zero-order chi connectivity index (χ0) is 19.4. The van der Waals surface area contributed by atoms with Crippen LogP contribution in [-0.2, 0) is 11.3 Å². The summed E-state index contributed by atoms with van der Waals surface area (Å²) < 4.78 is 5.44. The first-order chi connectivity index (χ1) is 13.0. The van der Waals surface area contributed by atoms with E-state index in [0.29, 0.717) is 36.7 Å². The van der Waals surface area contributed by atoms with Crippen LogP contribution in [0, 0.1) is 5.92 Å². The SMILES string of the molecule is CC(C)[C@@H](C(=O)Nc1ccc(OCCN)cc1)N1Cc2ccccc2C1=O. The third kappa shape index (κ3) is 4.11. The highest BCUT2D eigenvalue weighted by Gasteiger charge is 2.37. The minimum absolute atomic E-state index is 0.0181. The largest absolute Gasteiger partial charge is 0.492 e. The van der Waals surface area contributed by atoms with Gasteiger partial charge in [0.05, 0.1) is 0 Å². The molecule has 6 heteroatoms. The Bertz CT molecular complexity index is 818. The molecule has 0 saturated heterocycles. The first-order valence-corrected chi connectivity index (χ1v) is 9.14. The molecular formula is C21H25N3O3. The number of hydrogen-bond donors (Lipinski definition) is 2. The molecule has 1 heterocycles. The number of carbonyl (C=O) groups excluding carboxylic acids is 2. The zero-order valence-electron chi connectivity index (χ0n) is 15.6. The Morgan fingerprint density at radius 3 is 2.52 bits per heavy atom. The van der Waals surface area contributed by atoms with Gasteiger partial charge in [0.2, 0.25) is 5.91 Å². The van der Waals surface area contributed by atoms with Crippen molar-refractivity contribution in [1.29, 1.82) is 0 Å². The third-order valence-corrected chi connectivity index (χ3v) is 4.59. The molecule has 1 aliphatic rings. The van der Waals surface area contributed by atoms with Gasteiger partial charge >= 0.3 is 0 Å². The minimum Gasteiger partial charge on any atom is -0.492 e. The molecule has 1 atom stereocenters. The summed E-state index contributed by atoms with van der Waals surface area (Å²) in [5.74, 6) is 0.395. The number of anilines is 1. The van der Waals surface area contributed by atoms with E-state index in [1.807, 2.05) is 38.1 Å². The zero-order valence-corrected chi connectivity index (χ0v) is 15.6. The molecule has 0 unspecified atom stereocenters. The van der Waals surface area contributed by atoms with Crippen LogP contribution in [0.1, 0.15) is 29.8 Å². The molecule has 3 rings (SSSR count). The predicted molar refractivity (Wildman–Crippen MR) is 105 cm³/mol. The van der Waals surface area contributed by atoms with E-state index in [-0.39, 0.29) is 17.7 Å². The van der Waals surface area contributed by atoms with Crippen LogP contribution in [0.2, 0.25) is 0 Å². The van der Waals surface area contributed by atoms with Crippen molar-refractivity contribution in [2.45, 2.75) is 26.4 Å². The molecular weight excluding hydrogens is 342 g/mol. The summed E-state index contributed by atoms with van der Waals surface area (Å²) in [6, 6.07) is 14.1. The van der Waals surface area contributed by atoms with Gasteiger partial charge in [0.25, 0.3) is 5.91 Å². The van der Waals surface area contributed by atoms with Crippen LogP contribution < -0.4 is 15.8 Å². The molecule has 0 spiro atoms. The number of hydrogen-bond acceptors (Lipinski definition) is 4. The molecule has 6 nitrogen and oxygen atoms in total. The molecule has 0 bridgehead atoms. The first-order valence-electron chi connectivity index (χ1n) is 9.14. The number of benzene rings is 2. The van der Waals surface area contributed by atoms with E-state index < -0.39 is 6.04 Å². The van der Waals surface area contributed by atoms with Crippen LogP contribution >= 0.6 is 0 Å². The van der Waals surface area contributed by atoms with Gasteiger partial charge in [0, 0.05) is 24.3 Å². The molecule has 142 valence electrons. The molecule has 0 aromatic heterocycles. The molecule has 1 aliphatic heterocycles. The lowest BCUT2D eigenvalue weighted by molar-refractivity contribution is -0.122. The van der Waals surface area contributed by atoms with Crippen molar-refractivity contribution >= 4 is 17.5 Å². The second-order valence-corrected chi connectivity index (χ2v) is 6.93. The van der Waals surface area contributed by atoms with Crippen molar-refractivity contribution in [1.82, 2.24) is 4.90 Å². The molecule has 0 aliphatic carbocycles. The number of fused-ring (bicyclic) bond motifs is 1. The fourth-order valence-corrected chi connectivity index (χ4v) is 3.33. The lowest BCUT2D eigenvalue weighted by Crippen LogP contribution is -2.47. The molecule has 2 aromatic rings. The van der Waals surface area contributed by atoms with Gasteiger partial charge in [-0.25, -0.2) is 0 Å². The van der Waals surface area contributed by atoms with Crippen molar-refractivity contribution in [3.63, 3.8) is 0 Å². The van der Waals surface area contributed by atoms with Gasteiger partial charge in [-0.05, 0) is 41.8 Å². The van der Waals surface area contributed by atoms with E-state index in [2.05, 4.69) is 5.32 Å². The van der Waals surface area contributed by atoms with E-state index >= 15 is 0 Å². The highest BCUT2D eigenvalue weighted by atomic mass is 16.5. The molecule has 0 saturated carbocycles. The van der Waals surface area contributed by atoms with E-state index in [1.165, 1.54) is 0 Å². The summed E-state index contributed by atoms with van der Waals surface area (Å²) in [7, 11) is 0. The average Bonchev–Trinajstić information content (AvgIpc) is 2.98. The summed E-state index contributed by atoms with van der Waals surface area (Å²) in [4.78, 5) is 27.4. The van der Waals surface area contributed by atoms with Crippen LogP contribution in [0.5, 0.6) is 5.75 Å². The Morgan fingerprint density at radius 1 is 1.19 bits per heavy atom. The molecule has 2 aromatic carbocycles. The maximum absolute atomic E-state index is 12.9. The van der Waals surface area contributed by atoms with Gasteiger partial charge in [0.1, 0.15) is 18.4 Å². The van der Waals surface area contributed by atoms with Crippen LogP contribution in [0.15, 0.2) is 48.5 Å².